The van der Waals surface area contributed by atoms with Gasteiger partial charge in [0.15, 0.2) is 5.16 Å². The molecule has 0 radical (unpaired) electrons. The second-order valence-corrected chi connectivity index (χ2v) is 6.70. The predicted molar refractivity (Wildman–Crippen MR) is 98.3 cm³/mol. The topological polar surface area (TPSA) is 101 Å². The second-order valence-electron chi connectivity index (χ2n) is 5.30. The highest BCUT2D eigenvalue weighted by Crippen LogP contribution is 2.24. The SMILES string of the molecule is Cc1cc([N+](=O)[O-])ccc1NC(=O)CSc1nc2ccc(Cl)cc2[nH]1. The zero-order valence-electron chi connectivity index (χ0n) is 13.1. The lowest BCUT2D eigenvalue weighted by Crippen LogP contribution is -2.15. The van der Waals surface area contributed by atoms with Gasteiger partial charge in [-0.15, -0.1) is 0 Å². The van der Waals surface area contributed by atoms with E-state index < -0.39 is 4.92 Å². The van der Waals surface area contributed by atoms with Gasteiger partial charge in [-0.05, 0) is 36.8 Å². The van der Waals surface area contributed by atoms with Crippen molar-refractivity contribution in [3.05, 3.63) is 57.1 Å². The lowest BCUT2D eigenvalue weighted by atomic mass is 10.2. The Morgan fingerprint density at radius 2 is 2.16 bits per heavy atom. The zero-order valence-corrected chi connectivity index (χ0v) is 14.6. The number of H-pyrrole nitrogens is 1. The van der Waals surface area contributed by atoms with Gasteiger partial charge in [-0.2, -0.15) is 0 Å². The molecule has 1 aromatic heterocycles. The fourth-order valence-corrected chi connectivity index (χ4v) is 3.11. The number of hydrogen-bond acceptors (Lipinski definition) is 5. The molecule has 0 spiro atoms. The third-order valence-electron chi connectivity index (χ3n) is 3.46. The predicted octanol–water partition coefficient (Wildman–Crippen LogP) is 4.16. The number of aromatic nitrogens is 2. The van der Waals surface area contributed by atoms with E-state index in [1.807, 2.05) is 0 Å². The van der Waals surface area contributed by atoms with Crippen LogP contribution < -0.4 is 5.32 Å². The Morgan fingerprint density at radius 3 is 2.88 bits per heavy atom. The van der Waals surface area contributed by atoms with Crippen molar-refractivity contribution < 1.29 is 9.72 Å². The molecule has 3 aromatic rings. The molecule has 2 aromatic carbocycles. The van der Waals surface area contributed by atoms with E-state index >= 15 is 0 Å². The summed E-state index contributed by atoms with van der Waals surface area (Å²) in [5, 5.41) is 14.7. The number of aryl methyl sites for hydroxylation is 1. The lowest BCUT2D eigenvalue weighted by molar-refractivity contribution is -0.384. The summed E-state index contributed by atoms with van der Waals surface area (Å²) in [6, 6.07) is 9.64. The molecule has 0 fully saturated rings. The molecule has 2 N–H and O–H groups in total. The number of benzene rings is 2. The average Bonchev–Trinajstić information content (AvgIpc) is 2.96. The van der Waals surface area contributed by atoms with Crippen LogP contribution in [0.5, 0.6) is 0 Å². The molecule has 1 amide bonds. The normalized spacial score (nSPS) is 10.8. The van der Waals surface area contributed by atoms with Crippen LogP contribution in [0.3, 0.4) is 0 Å². The number of halogens is 1. The first-order chi connectivity index (χ1) is 11.9. The van der Waals surface area contributed by atoms with E-state index in [9.17, 15) is 14.9 Å². The summed E-state index contributed by atoms with van der Waals surface area (Å²) >= 11 is 7.19. The summed E-state index contributed by atoms with van der Waals surface area (Å²) in [5.74, 6) is -0.0651. The molecule has 0 unspecified atom stereocenters. The molecule has 1 heterocycles. The van der Waals surface area contributed by atoms with Gasteiger partial charge in [0, 0.05) is 22.8 Å². The highest BCUT2D eigenvalue weighted by atomic mass is 35.5. The number of hydrogen-bond donors (Lipinski definition) is 2. The highest BCUT2D eigenvalue weighted by molar-refractivity contribution is 7.99. The number of nitro benzene ring substituents is 1. The van der Waals surface area contributed by atoms with Crippen LogP contribution in [0.2, 0.25) is 5.02 Å². The van der Waals surface area contributed by atoms with Crippen molar-refractivity contribution in [1.29, 1.82) is 0 Å². The zero-order chi connectivity index (χ0) is 18.0. The number of nitrogens with one attached hydrogen (secondary N) is 2. The number of nitro groups is 1. The molecular weight excluding hydrogens is 364 g/mol. The summed E-state index contributed by atoms with van der Waals surface area (Å²) in [4.78, 5) is 29.8. The highest BCUT2D eigenvalue weighted by Gasteiger charge is 2.11. The third kappa shape index (κ3) is 4.09. The number of amides is 1. The number of thioether (sulfide) groups is 1. The number of carbonyl (C=O) groups is 1. The second kappa shape index (κ2) is 7.12. The van der Waals surface area contributed by atoms with Crippen LogP contribution in [-0.4, -0.2) is 26.6 Å². The first-order valence-corrected chi connectivity index (χ1v) is 8.62. The minimum absolute atomic E-state index is 0.00851. The number of rotatable bonds is 5. The lowest BCUT2D eigenvalue weighted by Gasteiger charge is -2.07. The van der Waals surface area contributed by atoms with Crippen molar-refractivity contribution in [3.63, 3.8) is 0 Å². The van der Waals surface area contributed by atoms with Gasteiger partial charge in [0.05, 0.1) is 21.7 Å². The molecule has 3 rings (SSSR count). The maximum atomic E-state index is 12.1. The van der Waals surface area contributed by atoms with E-state index in [0.717, 1.165) is 11.0 Å². The summed E-state index contributed by atoms with van der Waals surface area (Å²) in [5.41, 5.74) is 2.75. The van der Waals surface area contributed by atoms with Gasteiger partial charge in [-0.25, -0.2) is 4.98 Å². The average molecular weight is 377 g/mol. The van der Waals surface area contributed by atoms with Gasteiger partial charge in [0.2, 0.25) is 5.91 Å². The van der Waals surface area contributed by atoms with Crippen LogP contribution in [0, 0.1) is 17.0 Å². The monoisotopic (exact) mass is 376 g/mol. The Labute approximate surface area is 151 Å². The van der Waals surface area contributed by atoms with Crippen molar-refractivity contribution in [2.45, 2.75) is 12.1 Å². The molecular formula is C16H13ClN4O3S. The molecule has 128 valence electrons. The summed E-state index contributed by atoms with van der Waals surface area (Å²) < 4.78 is 0. The maximum absolute atomic E-state index is 12.1. The minimum atomic E-state index is -0.470. The molecule has 7 nitrogen and oxygen atoms in total. The Bertz CT molecular complexity index is 973. The molecule has 0 saturated heterocycles. The van der Waals surface area contributed by atoms with E-state index in [1.165, 1.54) is 30.0 Å². The molecule has 0 aliphatic rings. The fourth-order valence-electron chi connectivity index (χ4n) is 2.25. The smallest absolute Gasteiger partial charge is 0.269 e. The number of imidazole rings is 1. The van der Waals surface area contributed by atoms with Gasteiger partial charge >= 0.3 is 0 Å². The Kier molecular flexibility index (Phi) is 4.91. The van der Waals surface area contributed by atoms with Gasteiger partial charge in [0.25, 0.3) is 5.69 Å². The molecule has 0 bridgehead atoms. The Hall–Kier alpha value is -2.58. The number of nitrogens with zero attached hydrogens (tertiary/aromatic N) is 2. The van der Waals surface area contributed by atoms with Crippen LogP contribution in [0.25, 0.3) is 11.0 Å². The minimum Gasteiger partial charge on any atom is -0.333 e. The number of carbonyl (C=O) groups excluding carboxylic acids is 1. The molecule has 0 atom stereocenters. The molecule has 25 heavy (non-hydrogen) atoms. The molecule has 0 aliphatic heterocycles. The third-order valence-corrected chi connectivity index (χ3v) is 4.57. The summed E-state index contributed by atoms with van der Waals surface area (Å²) in [7, 11) is 0. The largest absolute Gasteiger partial charge is 0.333 e. The van der Waals surface area contributed by atoms with Gasteiger partial charge in [-0.3, -0.25) is 14.9 Å². The van der Waals surface area contributed by atoms with E-state index in [-0.39, 0.29) is 17.3 Å². The van der Waals surface area contributed by atoms with Gasteiger partial charge in [0.1, 0.15) is 0 Å². The van der Waals surface area contributed by atoms with E-state index in [1.54, 1.807) is 25.1 Å². The quantitative estimate of drug-likeness (QED) is 0.395. The van der Waals surface area contributed by atoms with Crippen LogP contribution in [-0.2, 0) is 4.79 Å². The van der Waals surface area contributed by atoms with Gasteiger partial charge in [-0.1, -0.05) is 23.4 Å². The van der Waals surface area contributed by atoms with Crippen LogP contribution in [0.4, 0.5) is 11.4 Å². The van der Waals surface area contributed by atoms with Crippen LogP contribution >= 0.6 is 23.4 Å². The van der Waals surface area contributed by atoms with Crippen molar-refractivity contribution in [2.75, 3.05) is 11.1 Å². The van der Waals surface area contributed by atoms with Crippen molar-refractivity contribution in [2.24, 2.45) is 0 Å². The molecule has 9 heteroatoms. The Balaban J connectivity index is 1.63. The summed E-state index contributed by atoms with van der Waals surface area (Å²) in [6.45, 7) is 1.71. The number of aromatic amines is 1. The maximum Gasteiger partial charge on any atom is 0.269 e. The summed E-state index contributed by atoms with van der Waals surface area (Å²) in [6.07, 6.45) is 0. The van der Waals surface area contributed by atoms with E-state index in [4.69, 9.17) is 11.6 Å². The van der Waals surface area contributed by atoms with Crippen molar-refractivity contribution >= 4 is 51.7 Å². The van der Waals surface area contributed by atoms with Crippen molar-refractivity contribution in [1.82, 2.24) is 9.97 Å². The van der Waals surface area contributed by atoms with Crippen molar-refractivity contribution in [3.8, 4) is 0 Å². The first kappa shape index (κ1) is 17.2. The number of non-ortho nitro benzene ring substituents is 1. The first-order valence-electron chi connectivity index (χ1n) is 7.25. The standard InChI is InChI=1S/C16H13ClN4O3S/c1-9-6-11(21(23)24)3-5-12(9)18-15(22)8-25-16-19-13-4-2-10(17)7-14(13)20-16/h2-7H,8H2,1H3,(H,18,22)(H,19,20). The number of anilines is 1. The van der Waals surface area contributed by atoms with Crippen LogP contribution in [0.15, 0.2) is 41.6 Å². The molecule has 0 aliphatic carbocycles. The van der Waals surface area contributed by atoms with Crippen LogP contribution in [0.1, 0.15) is 5.56 Å². The number of fused-ring (bicyclic) bond motifs is 1. The van der Waals surface area contributed by atoms with Gasteiger partial charge < -0.3 is 10.3 Å². The Morgan fingerprint density at radius 1 is 1.36 bits per heavy atom. The molecule has 0 saturated carbocycles. The fraction of sp³-hybridized carbons (Fsp3) is 0.125. The van der Waals surface area contributed by atoms with E-state index in [2.05, 4.69) is 15.3 Å². The van der Waals surface area contributed by atoms with E-state index in [0.29, 0.717) is 21.4 Å².